The molecule has 0 aromatic rings. The molecule has 3 nitrogen and oxygen atoms in total. The Kier molecular flexibility index (Phi) is 10.4. The van der Waals surface area contributed by atoms with Gasteiger partial charge in [0.25, 0.3) is 0 Å². The van der Waals surface area contributed by atoms with Crippen LogP contribution < -0.4 is 0 Å². The Hall–Kier alpha value is -1.38. The van der Waals surface area contributed by atoms with Gasteiger partial charge in [-0.05, 0) is 92.1 Å². The molecule has 0 N–H and O–H groups in total. The Morgan fingerprint density at radius 1 is 0.895 bits per heavy atom. The van der Waals surface area contributed by atoms with Gasteiger partial charge >= 0.3 is 5.97 Å². The number of rotatable bonds is 13. The van der Waals surface area contributed by atoms with Crippen molar-refractivity contribution >= 4 is 11.8 Å². The molecule has 0 aliphatic heterocycles. The molecule has 0 bridgehead atoms. The molecule has 0 radical (unpaired) electrons. The molecule has 0 spiro atoms. The van der Waals surface area contributed by atoms with E-state index in [1.807, 2.05) is 6.08 Å². The zero-order valence-corrected chi connectivity index (χ0v) is 25.1. The van der Waals surface area contributed by atoms with E-state index in [2.05, 4.69) is 33.8 Å². The van der Waals surface area contributed by atoms with Gasteiger partial charge in [-0.3, -0.25) is 9.59 Å². The summed E-state index contributed by atoms with van der Waals surface area (Å²) in [6.07, 6.45) is 26.5. The lowest BCUT2D eigenvalue weighted by molar-refractivity contribution is -0.147. The average molecular weight is 525 g/mol. The van der Waals surface area contributed by atoms with Crippen LogP contribution in [0.25, 0.3) is 0 Å². The van der Waals surface area contributed by atoms with E-state index >= 15 is 0 Å². The second-order valence-corrected chi connectivity index (χ2v) is 13.7. The first kappa shape index (κ1) is 29.6. The maximum absolute atomic E-state index is 12.9. The number of allylic oxidation sites excluding steroid dienone is 2. The van der Waals surface area contributed by atoms with Crippen molar-refractivity contribution in [3.8, 4) is 0 Å². The highest BCUT2D eigenvalue weighted by molar-refractivity contribution is 5.91. The molecule has 3 heteroatoms. The standard InChI is InChI=1S/C35H56O3/c1-5-7-8-9-10-11-12-13-14-15-16-17-33(37)38-32-25-31-28-19-18-26-24-27(36)20-22-34(26,3)30(28)21-23-35(31,4)29(32)6-2/h6,24,28,30-32H,5,7-23,25H2,1-4H3/b29-6+/t28?,30?,31?,32?,34-,35+/m0/s1. The molecule has 3 fully saturated rings. The second-order valence-electron chi connectivity index (χ2n) is 13.7. The van der Waals surface area contributed by atoms with Crippen molar-refractivity contribution in [2.75, 3.05) is 0 Å². The summed E-state index contributed by atoms with van der Waals surface area (Å²) in [6, 6.07) is 0. The minimum absolute atomic E-state index is 0.00990. The molecule has 38 heavy (non-hydrogen) atoms. The van der Waals surface area contributed by atoms with E-state index < -0.39 is 0 Å². The smallest absolute Gasteiger partial charge is 0.306 e. The van der Waals surface area contributed by atoms with Gasteiger partial charge in [0.1, 0.15) is 6.10 Å². The molecular formula is C35H56O3. The monoisotopic (exact) mass is 524 g/mol. The first-order chi connectivity index (χ1) is 18.3. The molecule has 0 amide bonds. The number of ketones is 1. The van der Waals surface area contributed by atoms with Crippen molar-refractivity contribution in [3.63, 3.8) is 0 Å². The predicted molar refractivity (Wildman–Crippen MR) is 157 cm³/mol. The van der Waals surface area contributed by atoms with Gasteiger partial charge in [0.15, 0.2) is 5.78 Å². The maximum atomic E-state index is 12.9. The molecule has 6 atom stereocenters. The molecule has 4 rings (SSSR count). The molecule has 3 saturated carbocycles. The van der Waals surface area contributed by atoms with Crippen molar-refractivity contribution < 1.29 is 14.3 Å². The van der Waals surface area contributed by atoms with Crippen LogP contribution in [0.1, 0.15) is 150 Å². The summed E-state index contributed by atoms with van der Waals surface area (Å²) in [5.41, 5.74) is 3.16. The minimum Gasteiger partial charge on any atom is -0.458 e. The van der Waals surface area contributed by atoms with Gasteiger partial charge in [-0.1, -0.05) is 96.6 Å². The van der Waals surface area contributed by atoms with Crippen LogP contribution in [0.3, 0.4) is 0 Å². The van der Waals surface area contributed by atoms with E-state index in [0.29, 0.717) is 36.4 Å². The molecule has 4 aliphatic carbocycles. The van der Waals surface area contributed by atoms with Crippen molar-refractivity contribution in [3.05, 3.63) is 23.3 Å². The predicted octanol–water partition coefficient (Wildman–Crippen LogP) is 9.69. The van der Waals surface area contributed by atoms with Crippen LogP contribution in [0, 0.1) is 28.6 Å². The third-order valence-electron chi connectivity index (χ3n) is 11.4. The Bertz CT molecular complexity index is 884. The molecular weight excluding hydrogens is 468 g/mol. The number of carbonyl (C=O) groups is 2. The summed E-state index contributed by atoms with van der Waals surface area (Å²) in [7, 11) is 0. The fraction of sp³-hybridized carbons (Fsp3) is 0.829. The van der Waals surface area contributed by atoms with Gasteiger partial charge < -0.3 is 4.74 Å². The Morgan fingerprint density at radius 3 is 2.21 bits per heavy atom. The number of fused-ring (bicyclic) bond motifs is 5. The van der Waals surface area contributed by atoms with Crippen LogP contribution in [-0.2, 0) is 14.3 Å². The highest BCUT2D eigenvalue weighted by Gasteiger charge is 2.60. The summed E-state index contributed by atoms with van der Waals surface area (Å²) in [6.45, 7) is 9.33. The lowest BCUT2D eigenvalue weighted by Crippen LogP contribution is -2.49. The molecule has 0 heterocycles. The van der Waals surface area contributed by atoms with E-state index in [4.69, 9.17) is 4.74 Å². The Morgan fingerprint density at radius 2 is 1.55 bits per heavy atom. The molecule has 4 aliphatic rings. The zero-order chi connectivity index (χ0) is 27.2. The van der Waals surface area contributed by atoms with Crippen LogP contribution in [0.5, 0.6) is 0 Å². The van der Waals surface area contributed by atoms with E-state index in [-0.39, 0.29) is 22.9 Å². The maximum Gasteiger partial charge on any atom is 0.306 e. The van der Waals surface area contributed by atoms with Crippen LogP contribution in [0.2, 0.25) is 0 Å². The number of ether oxygens (including phenoxy) is 1. The van der Waals surface area contributed by atoms with Crippen molar-refractivity contribution in [1.82, 2.24) is 0 Å². The third kappa shape index (κ3) is 6.33. The van der Waals surface area contributed by atoms with Crippen LogP contribution in [-0.4, -0.2) is 17.9 Å². The quantitative estimate of drug-likeness (QED) is 0.137. The van der Waals surface area contributed by atoms with Gasteiger partial charge in [0.05, 0.1) is 0 Å². The fourth-order valence-electron chi connectivity index (χ4n) is 9.18. The van der Waals surface area contributed by atoms with Crippen LogP contribution >= 0.6 is 0 Å². The fourth-order valence-corrected chi connectivity index (χ4v) is 9.18. The lowest BCUT2D eigenvalue weighted by Gasteiger charge is -2.57. The number of unbranched alkanes of at least 4 members (excludes halogenated alkanes) is 10. The number of hydrogen-bond acceptors (Lipinski definition) is 3. The first-order valence-corrected chi connectivity index (χ1v) is 16.4. The van der Waals surface area contributed by atoms with Gasteiger partial charge in [-0.2, -0.15) is 0 Å². The molecule has 0 aromatic carbocycles. The topological polar surface area (TPSA) is 43.4 Å². The normalized spacial score (nSPS) is 35.4. The van der Waals surface area contributed by atoms with Gasteiger partial charge in [0.2, 0.25) is 0 Å². The molecule has 0 saturated heterocycles. The molecule has 0 aromatic heterocycles. The second kappa shape index (κ2) is 13.3. The van der Waals surface area contributed by atoms with E-state index in [0.717, 1.165) is 32.1 Å². The largest absolute Gasteiger partial charge is 0.458 e. The molecule has 214 valence electrons. The lowest BCUT2D eigenvalue weighted by atomic mass is 9.47. The van der Waals surface area contributed by atoms with Crippen LogP contribution in [0.15, 0.2) is 23.3 Å². The number of hydrogen-bond donors (Lipinski definition) is 0. The van der Waals surface area contributed by atoms with E-state index in [1.165, 1.54) is 88.2 Å². The Labute approximate surface area is 233 Å². The van der Waals surface area contributed by atoms with Crippen LogP contribution in [0.4, 0.5) is 0 Å². The minimum atomic E-state index is -0.0355. The summed E-state index contributed by atoms with van der Waals surface area (Å²) >= 11 is 0. The Balaban J connectivity index is 1.24. The highest BCUT2D eigenvalue weighted by atomic mass is 16.5. The highest BCUT2D eigenvalue weighted by Crippen LogP contribution is 2.66. The van der Waals surface area contributed by atoms with Crippen molar-refractivity contribution in [2.45, 2.75) is 156 Å². The molecule has 4 unspecified atom stereocenters. The first-order valence-electron chi connectivity index (χ1n) is 16.4. The van der Waals surface area contributed by atoms with Gasteiger partial charge in [0, 0.05) is 12.8 Å². The van der Waals surface area contributed by atoms with Crippen molar-refractivity contribution in [1.29, 1.82) is 0 Å². The van der Waals surface area contributed by atoms with Gasteiger partial charge in [-0.25, -0.2) is 0 Å². The summed E-state index contributed by atoms with van der Waals surface area (Å²) in [5.74, 6) is 2.27. The SMILES string of the molecule is C/C=C1\C(OC(=O)CCCCCCCCCCCCC)CC2C3CCC4=CC(=O)CC[C@]4(C)C3CC[C@]12C. The number of esters is 1. The van der Waals surface area contributed by atoms with Gasteiger partial charge in [-0.15, -0.1) is 0 Å². The zero-order valence-electron chi connectivity index (χ0n) is 25.1. The summed E-state index contributed by atoms with van der Waals surface area (Å²) < 4.78 is 6.23. The average Bonchev–Trinajstić information content (AvgIpc) is 3.18. The van der Waals surface area contributed by atoms with E-state index in [1.54, 1.807) is 0 Å². The summed E-state index contributed by atoms with van der Waals surface area (Å²) in [4.78, 5) is 25.0. The van der Waals surface area contributed by atoms with E-state index in [9.17, 15) is 9.59 Å². The van der Waals surface area contributed by atoms with Crippen molar-refractivity contribution in [2.24, 2.45) is 28.6 Å². The number of carbonyl (C=O) groups excluding carboxylic acids is 2. The summed E-state index contributed by atoms with van der Waals surface area (Å²) in [5, 5.41) is 0. The third-order valence-corrected chi connectivity index (χ3v) is 11.4.